The molecule has 10 heteroatoms. The van der Waals surface area contributed by atoms with Crippen molar-refractivity contribution >= 4 is 35.1 Å². The molecule has 1 aromatic rings. The van der Waals surface area contributed by atoms with Crippen LogP contribution in [0, 0.1) is 34.5 Å². The van der Waals surface area contributed by atoms with Crippen LogP contribution in [0.3, 0.4) is 0 Å². The van der Waals surface area contributed by atoms with Crippen LogP contribution in [0.2, 0.25) is 0 Å². The number of carbonyl (C=O) groups is 2. The summed E-state index contributed by atoms with van der Waals surface area (Å²) in [6.07, 6.45) is 8.72. The maximum atomic E-state index is 13.3. The number of aliphatic hydroxyl groups excluding tert-OH is 1. The number of nitrogens with two attached hydrogens (primary N) is 1. The second kappa shape index (κ2) is 10.3. The van der Waals surface area contributed by atoms with Crippen molar-refractivity contribution in [3.8, 4) is 0 Å². The molecular formula is C31H38FN3O5S. The molecule has 0 unspecified atom stereocenters. The van der Waals surface area contributed by atoms with Gasteiger partial charge in [-0.3, -0.25) is 4.79 Å². The van der Waals surface area contributed by atoms with Crippen molar-refractivity contribution in [2.24, 2.45) is 39.3 Å². The van der Waals surface area contributed by atoms with Crippen LogP contribution in [-0.4, -0.2) is 51.3 Å². The van der Waals surface area contributed by atoms with Crippen LogP contribution in [0.4, 0.5) is 10.1 Å². The molecule has 0 spiro atoms. The third-order valence-electron chi connectivity index (χ3n) is 11.0. The number of hydrogen-bond donors (Lipinski definition) is 3. The number of aromatic nitrogens is 1. The maximum Gasteiger partial charge on any atom is 0.336 e. The summed E-state index contributed by atoms with van der Waals surface area (Å²) in [7, 11) is 0. The topological polar surface area (TPSA) is 124 Å². The zero-order valence-corrected chi connectivity index (χ0v) is 24.4. The van der Waals surface area contributed by atoms with Crippen molar-refractivity contribution in [3.63, 3.8) is 0 Å². The third kappa shape index (κ3) is 4.39. The molecule has 6 rings (SSSR count). The number of rotatable bonds is 4. The summed E-state index contributed by atoms with van der Waals surface area (Å²) in [6.45, 7) is 4.71. The third-order valence-corrected chi connectivity index (χ3v) is 11.3. The quantitative estimate of drug-likeness (QED) is 0.269. The van der Waals surface area contributed by atoms with Gasteiger partial charge in [0.25, 0.3) is 0 Å². The molecule has 0 aromatic carbocycles. The van der Waals surface area contributed by atoms with E-state index in [4.69, 9.17) is 20.2 Å². The van der Waals surface area contributed by atoms with Gasteiger partial charge >= 0.3 is 5.97 Å². The van der Waals surface area contributed by atoms with E-state index in [0.29, 0.717) is 44.4 Å². The zero-order valence-electron chi connectivity index (χ0n) is 23.5. The lowest BCUT2D eigenvalue weighted by molar-refractivity contribution is -0.202. The number of pyridine rings is 1. The molecule has 8 nitrogen and oxygen atoms in total. The van der Waals surface area contributed by atoms with Crippen LogP contribution in [0.1, 0.15) is 65.2 Å². The molecule has 2 heterocycles. The van der Waals surface area contributed by atoms with Crippen molar-refractivity contribution in [3.05, 3.63) is 47.7 Å². The first-order chi connectivity index (χ1) is 19.5. The molecule has 1 saturated heterocycles. The Morgan fingerprint density at radius 3 is 2.76 bits per heavy atom. The number of esters is 1. The molecule has 3 saturated carbocycles. The van der Waals surface area contributed by atoms with Gasteiger partial charge < -0.3 is 20.3 Å². The summed E-state index contributed by atoms with van der Waals surface area (Å²) >= 11 is 4.28. The Morgan fingerprint density at radius 1 is 1.29 bits per heavy atom. The van der Waals surface area contributed by atoms with Crippen LogP contribution in [0.25, 0.3) is 0 Å². The molecule has 4 aliphatic carbocycles. The fourth-order valence-electron chi connectivity index (χ4n) is 9.06. The average Bonchev–Trinajstić information content (AvgIpc) is 3.57. The summed E-state index contributed by atoms with van der Waals surface area (Å²) < 4.78 is 25.0. The normalized spacial score (nSPS) is 41.9. The van der Waals surface area contributed by atoms with E-state index in [1.54, 1.807) is 12.3 Å². The summed E-state index contributed by atoms with van der Waals surface area (Å²) in [5, 5.41) is 11.5. The first kappa shape index (κ1) is 28.6. The van der Waals surface area contributed by atoms with Crippen molar-refractivity contribution in [1.82, 2.24) is 4.98 Å². The minimum absolute atomic E-state index is 0.0655. The average molecular weight is 584 g/mol. The Bertz CT molecular complexity index is 1340. The van der Waals surface area contributed by atoms with Crippen LogP contribution in [0.15, 0.2) is 46.7 Å². The number of halogens is 1. The van der Waals surface area contributed by atoms with Crippen molar-refractivity contribution in [2.75, 3.05) is 6.61 Å². The van der Waals surface area contributed by atoms with Gasteiger partial charge in [-0.2, -0.15) is 4.39 Å². The highest BCUT2D eigenvalue weighted by molar-refractivity contribution is 7.96. The number of aliphatic imine (C=N–C) groups is 1. The van der Waals surface area contributed by atoms with E-state index in [0.717, 1.165) is 30.5 Å². The highest BCUT2D eigenvalue weighted by Gasteiger charge is 2.70. The molecule has 5 aliphatic rings. The fourth-order valence-corrected chi connectivity index (χ4v) is 9.47. The van der Waals surface area contributed by atoms with Gasteiger partial charge in [-0.1, -0.05) is 19.4 Å². The van der Waals surface area contributed by atoms with E-state index >= 15 is 0 Å². The molecule has 1 aromatic heterocycles. The number of hydrogen-bond acceptors (Lipinski definition) is 8. The Morgan fingerprint density at radius 2 is 2.10 bits per heavy atom. The van der Waals surface area contributed by atoms with Gasteiger partial charge in [0.15, 0.2) is 11.7 Å². The Kier molecular flexibility index (Phi) is 7.18. The number of fused-ring (bicyclic) bond motifs is 5. The van der Waals surface area contributed by atoms with Gasteiger partial charge in [-0.15, -0.1) is 12.6 Å². The van der Waals surface area contributed by atoms with Gasteiger partial charge in [0.2, 0.25) is 11.1 Å². The first-order valence-corrected chi connectivity index (χ1v) is 15.1. The molecule has 0 amide bonds. The lowest BCUT2D eigenvalue weighted by Gasteiger charge is -2.60. The van der Waals surface area contributed by atoms with Crippen LogP contribution in [0.5, 0.6) is 0 Å². The van der Waals surface area contributed by atoms with Crippen LogP contribution < -0.4 is 5.73 Å². The second-order valence-electron chi connectivity index (χ2n) is 12.9. The van der Waals surface area contributed by atoms with Crippen LogP contribution >= 0.6 is 12.6 Å². The van der Waals surface area contributed by atoms with Gasteiger partial charge in [0, 0.05) is 12.0 Å². The summed E-state index contributed by atoms with van der Waals surface area (Å²) in [5.41, 5.74) is 6.94. The van der Waals surface area contributed by atoms with Gasteiger partial charge in [-0.25, -0.2) is 14.8 Å². The Labute approximate surface area is 245 Å². The number of nitrogens with zero attached hydrogens (tertiary/aromatic N) is 2. The summed E-state index contributed by atoms with van der Waals surface area (Å²) in [5.74, 6) is -0.928. The predicted molar refractivity (Wildman–Crippen MR) is 154 cm³/mol. The highest BCUT2D eigenvalue weighted by atomic mass is 32.1. The van der Waals surface area contributed by atoms with E-state index in [9.17, 15) is 19.1 Å². The number of allylic oxidation sites excluding steroid dienone is 3. The minimum atomic E-state index is -1.40. The maximum absolute atomic E-state index is 13.3. The molecular weight excluding hydrogens is 545 g/mol. The number of carbonyl (C=O) groups excluding carboxylic acids is 2. The number of ether oxygens (including phenoxy) is 2. The number of thiol groups is 1. The monoisotopic (exact) mass is 583 g/mol. The van der Waals surface area contributed by atoms with Crippen molar-refractivity contribution < 1.29 is 28.6 Å². The summed E-state index contributed by atoms with van der Waals surface area (Å²) in [6, 6.07) is 2.86. The zero-order chi connectivity index (χ0) is 29.2. The minimum Gasteiger partial charge on any atom is -0.448 e. The molecule has 41 heavy (non-hydrogen) atoms. The SMILES string of the molecule is C[C@]12CC(=CN)C(=Nc3ccc(F)nc3)C=C1CC[C@@H]1[C@@H]2[C@@H](O)C[C@@]2(C)[C@H]1CC[C@]2(OC(=O)[C@H]1CCCO1)C(=O)S. The molecule has 4 fully saturated rings. The number of aliphatic hydroxyl groups is 1. The van der Waals surface area contributed by atoms with E-state index in [1.165, 1.54) is 17.8 Å². The molecule has 220 valence electrons. The van der Waals surface area contributed by atoms with E-state index < -0.39 is 40.3 Å². The van der Waals surface area contributed by atoms with E-state index in [1.807, 2.05) is 6.92 Å². The molecule has 8 atom stereocenters. The van der Waals surface area contributed by atoms with E-state index in [2.05, 4.69) is 30.6 Å². The lowest BCUT2D eigenvalue weighted by Crippen LogP contribution is -2.62. The van der Waals surface area contributed by atoms with Gasteiger partial charge in [0.1, 0.15) is 0 Å². The van der Waals surface area contributed by atoms with Crippen molar-refractivity contribution in [1.29, 1.82) is 0 Å². The van der Waals surface area contributed by atoms with Crippen LogP contribution in [-0.2, 0) is 19.1 Å². The predicted octanol–water partition coefficient (Wildman–Crippen LogP) is 4.60. The molecule has 3 N–H and O–H groups in total. The van der Waals surface area contributed by atoms with E-state index in [-0.39, 0.29) is 23.2 Å². The Hall–Kier alpha value is -2.56. The van der Waals surface area contributed by atoms with Gasteiger partial charge in [-0.05, 0) is 105 Å². The van der Waals surface area contributed by atoms with Gasteiger partial charge in [0.05, 0.1) is 23.7 Å². The second-order valence-corrected chi connectivity index (χ2v) is 13.3. The Balaban J connectivity index is 1.33. The molecule has 1 aliphatic heterocycles. The fraction of sp³-hybridized carbons (Fsp3) is 0.613. The highest BCUT2D eigenvalue weighted by Crippen LogP contribution is 2.68. The largest absolute Gasteiger partial charge is 0.448 e. The summed E-state index contributed by atoms with van der Waals surface area (Å²) in [4.78, 5) is 34.8. The first-order valence-electron chi connectivity index (χ1n) is 14.6. The standard InChI is InChI=1S/C31H38FN3O5S/c1-29-13-17(15-33)22(35-19-6-8-25(32)34-16-19)12-18(29)5-7-20-21-9-10-31(28(38)41,30(21,2)14-23(36)26(20)29)40-27(37)24-4-3-11-39-24/h6,8,12,15-16,20-21,23-24,26,36H,3-5,7,9-11,13-14,33H2,1-2H3,(H,38,41)/t20-,21-,23-,24+,26+,29-,30-,31-/m0/s1. The smallest absolute Gasteiger partial charge is 0.336 e. The van der Waals surface area contributed by atoms with Crippen molar-refractivity contribution in [2.45, 2.75) is 83.0 Å². The lowest BCUT2D eigenvalue weighted by atomic mass is 9.45. The molecule has 0 radical (unpaired) electrons. The molecule has 0 bridgehead atoms.